The molecule has 0 atom stereocenters. The molecule has 92 valence electrons. The van der Waals surface area contributed by atoms with E-state index in [4.69, 9.17) is 5.11 Å². The van der Waals surface area contributed by atoms with Gasteiger partial charge in [-0.15, -0.1) is 0 Å². The number of nitrogens with one attached hydrogen (secondary N) is 1. The molecule has 2 N–H and O–H groups in total. The minimum Gasteiger partial charge on any atom is -0.476 e. The predicted octanol–water partition coefficient (Wildman–Crippen LogP) is 1.83. The molecule has 0 radical (unpaired) electrons. The molecule has 0 aliphatic carbocycles. The van der Waals surface area contributed by atoms with Crippen LogP contribution < -0.4 is 5.32 Å². The number of rotatable bonds is 5. The summed E-state index contributed by atoms with van der Waals surface area (Å²) in [6, 6.07) is 10.1. The average molecular weight is 243 g/mol. The Bertz CT molecular complexity index is 512. The van der Waals surface area contributed by atoms with Crippen LogP contribution in [0, 0.1) is 0 Å². The second-order valence-electron chi connectivity index (χ2n) is 3.75. The zero-order valence-corrected chi connectivity index (χ0v) is 9.71. The Morgan fingerprint density at radius 1 is 1.17 bits per heavy atom. The molecule has 5 heteroatoms. The second kappa shape index (κ2) is 5.77. The number of carboxylic acid groups (broad SMARTS) is 1. The summed E-state index contributed by atoms with van der Waals surface area (Å²) in [5.41, 5.74) is 1.18. The van der Waals surface area contributed by atoms with Gasteiger partial charge in [0.15, 0.2) is 5.69 Å². The lowest BCUT2D eigenvalue weighted by atomic mass is 10.1. The van der Waals surface area contributed by atoms with Crippen molar-refractivity contribution in [1.82, 2.24) is 9.97 Å². The molecular weight excluding hydrogens is 230 g/mol. The molecule has 1 aromatic carbocycles. The Labute approximate surface area is 105 Å². The van der Waals surface area contributed by atoms with Gasteiger partial charge in [-0.3, -0.25) is 0 Å². The number of carboxylic acids is 1. The Balaban J connectivity index is 1.85. The van der Waals surface area contributed by atoms with Crippen molar-refractivity contribution >= 4 is 11.8 Å². The minimum atomic E-state index is -1.07. The summed E-state index contributed by atoms with van der Waals surface area (Å²) in [5, 5.41) is 11.8. The van der Waals surface area contributed by atoms with Crippen LogP contribution in [-0.2, 0) is 6.42 Å². The SMILES string of the molecule is O=C(O)c1cnc(NCCc2ccccc2)cn1. The molecule has 0 unspecified atom stereocenters. The van der Waals surface area contributed by atoms with Crippen molar-refractivity contribution in [3.05, 3.63) is 54.0 Å². The third kappa shape index (κ3) is 3.28. The highest BCUT2D eigenvalue weighted by Crippen LogP contribution is 2.03. The van der Waals surface area contributed by atoms with Gasteiger partial charge in [-0.05, 0) is 12.0 Å². The van der Waals surface area contributed by atoms with Crippen molar-refractivity contribution in [3.63, 3.8) is 0 Å². The molecular formula is C13H13N3O2. The number of aromatic nitrogens is 2. The van der Waals surface area contributed by atoms with E-state index >= 15 is 0 Å². The van der Waals surface area contributed by atoms with Crippen LogP contribution in [0.15, 0.2) is 42.7 Å². The molecule has 0 saturated carbocycles. The summed E-state index contributed by atoms with van der Waals surface area (Å²) in [5.74, 6) is -0.491. The lowest BCUT2D eigenvalue weighted by Crippen LogP contribution is -2.08. The van der Waals surface area contributed by atoms with Gasteiger partial charge in [0.25, 0.3) is 0 Å². The van der Waals surface area contributed by atoms with Crippen LogP contribution in [0.3, 0.4) is 0 Å². The van der Waals surface area contributed by atoms with E-state index in [1.807, 2.05) is 18.2 Å². The first-order chi connectivity index (χ1) is 8.75. The van der Waals surface area contributed by atoms with Crippen molar-refractivity contribution in [2.24, 2.45) is 0 Å². The van der Waals surface area contributed by atoms with Crippen LogP contribution in [0.2, 0.25) is 0 Å². The third-order valence-corrected chi connectivity index (χ3v) is 2.43. The first kappa shape index (κ1) is 12.0. The van der Waals surface area contributed by atoms with Crippen molar-refractivity contribution in [1.29, 1.82) is 0 Å². The lowest BCUT2D eigenvalue weighted by Gasteiger charge is -2.05. The fourth-order valence-electron chi connectivity index (χ4n) is 1.51. The summed E-state index contributed by atoms with van der Waals surface area (Å²) < 4.78 is 0. The standard InChI is InChI=1S/C13H13N3O2/c17-13(18)11-8-16-12(9-15-11)14-7-6-10-4-2-1-3-5-10/h1-5,8-9H,6-7H2,(H,14,16)(H,17,18). The third-order valence-electron chi connectivity index (χ3n) is 2.43. The van der Waals surface area contributed by atoms with Crippen LogP contribution in [-0.4, -0.2) is 27.6 Å². The predicted molar refractivity (Wildman–Crippen MR) is 67.6 cm³/mol. The molecule has 2 rings (SSSR count). The highest BCUT2D eigenvalue weighted by molar-refractivity contribution is 5.84. The number of anilines is 1. The highest BCUT2D eigenvalue weighted by atomic mass is 16.4. The first-order valence-electron chi connectivity index (χ1n) is 5.59. The van der Waals surface area contributed by atoms with E-state index < -0.39 is 5.97 Å². The Morgan fingerprint density at radius 2 is 1.94 bits per heavy atom. The Hall–Kier alpha value is -2.43. The topological polar surface area (TPSA) is 75.1 Å². The van der Waals surface area contributed by atoms with E-state index in [0.717, 1.165) is 13.0 Å². The summed E-state index contributed by atoms with van der Waals surface area (Å²) >= 11 is 0. The smallest absolute Gasteiger partial charge is 0.356 e. The van der Waals surface area contributed by atoms with Gasteiger partial charge in [0, 0.05) is 6.54 Å². The number of carbonyl (C=O) groups is 1. The minimum absolute atomic E-state index is 0.0522. The lowest BCUT2D eigenvalue weighted by molar-refractivity contribution is 0.0690. The van der Waals surface area contributed by atoms with E-state index in [1.54, 1.807) is 0 Å². The molecule has 1 heterocycles. The number of hydrogen-bond acceptors (Lipinski definition) is 4. The first-order valence-corrected chi connectivity index (χ1v) is 5.59. The zero-order chi connectivity index (χ0) is 12.8. The normalized spacial score (nSPS) is 10.0. The van der Waals surface area contributed by atoms with Crippen molar-refractivity contribution in [3.8, 4) is 0 Å². The molecule has 5 nitrogen and oxygen atoms in total. The van der Waals surface area contributed by atoms with E-state index in [9.17, 15) is 4.79 Å². The molecule has 18 heavy (non-hydrogen) atoms. The average Bonchev–Trinajstić information content (AvgIpc) is 2.40. The summed E-state index contributed by atoms with van der Waals surface area (Å²) in [7, 11) is 0. The van der Waals surface area contributed by atoms with Gasteiger partial charge in [0.05, 0.1) is 12.4 Å². The van der Waals surface area contributed by atoms with Gasteiger partial charge in [-0.25, -0.2) is 14.8 Å². The quantitative estimate of drug-likeness (QED) is 0.838. The highest BCUT2D eigenvalue weighted by Gasteiger charge is 2.04. The van der Waals surface area contributed by atoms with Crippen molar-refractivity contribution in [2.45, 2.75) is 6.42 Å². The van der Waals surface area contributed by atoms with Crippen molar-refractivity contribution < 1.29 is 9.90 Å². The molecule has 0 fully saturated rings. The zero-order valence-electron chi connectivity index (χ0n) is 9.71. The van der Waals surface area contributed by atoms with Gasteiger partial charge in [0.2, 0.25) is 0 Å². The number of hydrogen-bond donors (Lipinski definition) is 2. The van der Waals surface area contributed by atoms with Crippen LogP contribution >= 0.6 is 0 Å². The van der Waals surface area contributed by atoms with Gasteiger partial charge < -0.3 is 10.4 Å². The monoisotopic (exact) mass is 243 g/mol. The van der Waals surface area contributed by atoms with Crippen LogP contribution in [0.4, 0.5) is 5.82 Å². The van der Waals surface area contributed by atoms with Gasteiger partial charge in [0.1, 0.15) is 5.82 Å². The largest absolute Gasteiger partial charge is 0.476 e. The maximum atomic E-state index is 10.6. The number of aromatic carboxylic acids is 1. The van der Waals surface area contributed by atoms with Gasteiger partial charge in [-0.2, -0.15) is 0 Å². The number of nitrogens with zero attached hydrogens (tertiary/aromatic N) is 2. The molecule has 0 bridgehead atoms. The van der Waals surface area contributed by atoms with E-state index in [-0.39, 0.29) is 5.69 Å². The maximum absolute atomic E-state index is 10.6. The molecule has 1 aromatic heterocycles. The van der Waals surface area contributed by atoms with Crippen LogP contribution in [0.1, 0.15) is 16.1 Å². The van der Waals surface area contributed by atoms with E-state index in [0.29, 0.717) is 5.82 Å². The summed E-state index contributed by atoms with van der Waals surface area (Å²) in [4.78, 5) is 18.3. The molecule has 0 aliphatic rings. The van der Waals surface area contributed by atoms with E-state index in [2.05, 4.69) is 27.4 Å². The van der Waals surface area contributed by atoms with Gasteiger partial charge in [-0.1, -0.05) is 30.3 Å². The number of benzene rings is 1. The molecule has 0 amide bonds. The second-order valence-corrected chi connectivity index (χ2v) is 3.75. The molecule has 2 aromatic rings. The summed E-state index contributed by atoms with van der Waals surface area (Å²) in [6.45, 7) is 0.727. The van der Waals surface area contributed by atoms with Crippen LogP contribution in [0.5, 0.6) is 0 Å². The fourth-order valence-corrected chi connectivity index (χ4v) is 1.51. The summed E-state index contributed by atoms with van der Waals surface area (Å²) in [6.07, 6.45) is 3.55. The van der Waals surface area contributed by atoms with Crippen LogP contribution in [0.25, 0.3) is 0 Å². The molecule has 0 saturated heterocycles. The van der Waals surface area contributed by atoms with Gasteiger partial charge >= 0.3 is 5.97 Å². The molecule has 0 aliphatic heterocycles. The maximum Gasteiger partial charge on any atom is 0.356 e. The van der Waals surface area contributed by atoms with E-state index in [1.165, 1.54) is 18.0 Å². The fraction of sp³-hybridized carbons (Fsp3) is 0.154. The Morgan fingerprint density at radius 3 is 2.56 bits per heavy atom. The van der Waals surface area contributed by atoms with Crippen molar-refractivity contribution in [2.75, 3.05) is 11.9 Å². The molecule has 0 spiro atoms. The Kier molecular flexibility index (Phi) is 3.86.